The highest BCUT2D eigenvalue weighted by atomic mass is 15.1. The number of hydrogen-bond donors (Lipinski definition) is 1. The minimum absolute atomic E-state index is 0.723. The number of nitrogens with one attached hydrogen (secondary N) is 1. The summed E-state index contributed by atoms with van der Waals surface area (Å²) < 4.78 is 0. The van der Waals surface area contributed by atoms with Crippen LogP contribution in [0.4, 0.5) is 5.69 Å². The van der Waals surface area contributed by atoms with Gasteiger partial charge in [-0.2, -0.15) is 0 Å². The van der Waals surface area contributed by atoms with E-state index in [1.165, 1.54) is 50.1 Å². The van der Waals surface area contributed by atoms with Crippen molar-refractivity contribution in [3.8, 4) is 0 Å². The van der Waals surface area contributed by atoms with Gasteiger partial charge in [-0.3, -0.25) is 0 Å². The fourth-order valence-corrected chi connectivity index (χ4v) is 3.05. The molecule has 1 N–H and O–H groups in total. The number of nitrogens with zero attached hydrogens (tertiary/aromatic N) is 1. The first-order chi connectivity index (χ1) is 8.86. The molecule has 0 bridgehead atoms. The molecule has 1 aromatic carbocycles. The van der Waals surface area contributed by atoms with E-state index < -0.39 is 0 Å². The lowest BCUT2D eigenvalue weighted by Gasteiger charge is -2.31. The van der Waals surface area contributed by atoms with Gasteiger partial charge in [-0.05, 0) is 43.4 Å². The predicted octanol–water partition coefficient (Wildman–Crippen LogP) is 3.32. The van der Waals surface area contributed by atoms with Gasteiger partial charge in [-0.1, -0.05) is 25.1 Å². The summed E-state index contributed by atoms with van der Waals surface area (Å²) in [4.78, 5) is 2.66. The van der Waals surface area contributed by atoms with Crippen LogP contribution in [-0.2, 0) is 0 Å². The highest BCUT2D eigenvalue weighted by Gasteiger charge is 2.26. The fourth-order valence-electron chi connectivity index (χ4n) is 3.05. The molecule has 18 heavy (non-hydrogen) atoms. The molecule has 0 amide bonds. The maximum Gasteiger partial charge on any atom is 0.0376 e. The first kappa shape index (κ1) is 12.0. The zero-order valence-corrected chi connectivity index (χ0v) is 11.4. The van der Waals surface area contributed by atoms with E-state index in [2.05, 4.69) is 41.4 Å². The molecule has 1 aromatic rings. The summed E-state index contributed by atoms with van der Waals surface area (Å²) in [6.07, 6.45) is 4.19. The highest BCUT2D eigenvalue weighted by molar-refractivity contribution is 5.54. The molecule has 2 nitrogen and oxygen atoms in total. The van der Waals surface area contributed by atoms with E-state index >= 15 is 0 Å². The van der Waals surface area contributed by atoms with Gasteiger partial charge in [0, 0.05) is 31.2 Å². The Morgan fingerprint density at radius 2 is 2.00 bits per heavy atom. The Labute approximate surface area is 110 Å². The summed E-state index contributed by atoms with van der Waals surface area (Å²) in [6, 6.07) is 8.84. The Morgan fingerprint density at radius 3 is 2.78 bits per heavy atom. The molecule has 0 spiro atoms. The summed E-state index contributed by atoms with van der Waals surface area (Å²) in [7, 11) is 0. The molecule has 1 aliphatic heterocycles. The van der Waals surface area contributed by atoms with Crippen LogP contribution in [0.2, 0.25) is 0 Å². The number of para-hydroxylation sites is 1. The molecule has 98 valence electrons. The van der Waals surface area contributed by atoms with Crippen molar-refractivity contribution in [2.24, 2.45) is 5.92 Å². The fraction of sp³-hybridized carbons (Fsp3) is 0.625. The molecule has 0 radical (unpaired) electrons. The zero-order chi connectivity index (χ0) is 12.4. The van der Waals surface area contributed by atoms with E-state index in [1.54, 1.807) is 0 Å². The Bertz CT molecular complexity index is 398. The number of anilines is 1. The van der Waals surface area contributed by atoms with Crippen LogP contribution in [0.3, 0.4) is 0 Å². The van der Waals surface area contributed by atoms with Crippen molar-refractivity contribution in [3.63, 3.8) is 0 Å². The third kappa shape index (κ3) is 2.69. The van der Waals surface area contributed by atoms with Crippen LogP contribution in [0.5, 0.6) is 0 Å². The van der Waals surface area contributed by atoms with Crippen LogP contribution < -0.4 is 5.32 Å². The lowest BCUT2D eigenvalue weighted by Crippen LogP contribution is -2.32. The van der Waals surface area contributed by atoms with Gasteiger partial charge in [0.25, 0.3) is 0 Å². The van der Waals surface area contributed by atoms with Gasteiger partial charge in [0.2, 0.25) is 0 Å². The molecule has 0 saturated heterocycles. The van der Waals surface area contributed by atoms with Gasteiger partial charge >= 0.3 is 0 Å². The number of hydrogen-bond acceptors (Lipinski definition) is 2. The van der Waals surface area contributed by atoms with E-state index in [9.17, 15) is 0 Å². The maximum absolute atomic E-state index is 3.52. The zero-order valence-electron chi connectivity index (χ0n) is 11.4. The van der Waals surface area contributed by atoms with E-state index in [0.29, 0.717) is 0 Å². The summed E-state index contributed by atoms with van der Waals surface area (Å²) in [5.41, 5.74) is 2.88. The molecule has 1 heterocycles. The monoisotopic (exact) mass is 244 g/mol. The average Bonchev–Trinajstić information content (AvgIpc) is 3.22. The quantitative estimate of drug-likeness (QED) is 0.855. The average molecular weight is 244 g/mol. The largest absolute Gasteiger partial charge is 0.385 e. The van der Waals surface area contributed by atoms with Gasteiger partial charge < -0.3 is 10.2 Å². The topological polar surface area (TPSA) is 15.3 Å². The van der Waals surface area contributed by atoms with Crippen LogP contribution in [0.1, 0.15) is 37.7 Å². The number of fused-ring (bicyclic) bond motifs is 1. The first-order valence-corrected chi connectivity index (χ1v) is 7.42. The molecule has 1 unspecified atom stereocenters. The highest BCUT2D eigenvalue weighted by Crippen LogP contribution is 2.34. The molecule has 3 rings (SSSR count). The Morgan fingerprint density at radius 1 is 1.17 bits per heavy atom. The number of rotatable bonds is 5. The smallest absolute Gasteiger partial charge is 0.0376 e. The minimum Gasteiger partial charge on any atom is -0.385 e. The van der Waals surface area contributed by atoms with Crippen molar-refractivity contribution >= 4 is 5.69 Å². The van der Waals surface area contributed by atoms with Crippen LogP contribution in [0.15, 0.2) is 24.3 Å². The number of likely N-dealkylation sites (N-methyl/N-ethyl adjacent to an activating group) is 1. The van der Waals surface area contributed by atoms with Gasteiger partial charge in [-0.15, -0.1) is 0 Å². The van der Waals surface area contributed by atoms with E-state index in [4.69, 9.17) is 0 Å². The van der Waals surface area contributed by atoms with Gasteiger partial charge in [0.05, 0.1) is 0 Å². The lowest BCUT2D eigenvalue weighted by molar-refractivity contribution is 0.254. The van der Waals surface area contributed by atoms with E-state index in [0.717, 1.165) is 18.4 Å². The van der Waals surface area contributed by atoms with Crippen LogP contribution >= 0.6 is 0 Å². The van der Waals surface area contributed by atoms with Gasteiger partial charge in [0.1, 0.15) is 0 Å². The molecule has 1 fully saturated rings. The molecule has 1 saturated carbocycles. The molecule has 2 heteroatoms. The molecular formula is C16H24N2. The molecule has 0 aromatic heterocycles. The molecule has 2 aliphatic rings. The second kappa shape index (κ2) is 5.31. The second-order valence-corrected chi connectivity index (χ2v) is 5.80. The van der Waals surface area contributed by atoms with Gasteiger partial charge in [0.15, 0.2) is 0 Å². The van der Waals surface area contributed by atoms with E-state index in [-0.39, 0.29) is 0 Å². The van der Waals surface area contributed by atoms with Crippen molar-refractivity contribution in [1.82, 2.24) is 4.90 Å². The van der Waals surface area contributed by atoms with Crippen molar-refractivity contribution in [1.29, 1.82) is 0 Å². The summed E-state index contributed by atoms with van der Waals surface area (Å²) in [6.45, 7) is 7.19. The minimum atomic E-state index is 0.723. The van der Waals surface area contributed by atoms with Gasteiger partial charge in [-0.25, -0.2) is 0 Å². The normalized spacial score (nSPS) is 22.7. The van der Waals surface area contributed by atoms with Crippen LogP contribution in [-0.4, -0.2) is 31.1 Å². The van der Waals surface area contributed by atoms with E-state index in [1.807, 2.05) is 0 Å². The Kier molecular flexibility index (Phi) is 3.55. The first-order valence-electron chi connectivity index (χ1n) is 7.42. The number of benzene rings is 1. The van der Waals surface area contributed by atoms with Crippen molar-refractivity contribution in [2.45, 2.75) is 32.1 Å². The Hall–Kier alpha value is -1.02. The second-order valence-electron chi connectivity index (χ2n) is 5.80. The molecule has 1 aliphatic carbocycles. The molecule has 1 atom stereocenters. The predicted molar refractivity (Wildman–Crippen MR) is 77.1 cm³/mol. The maximum atomic E-state index is 3.52. The van der Waals surface area contributed by atoms with Crippen molar-refractivity contribution in [3.05, 3.63) is 29.8 Å². The summed E-state index contributed by atoms with van der Waals surface area (Å²) in [5.74, 6) is 1.73. The Balaban J connectivity index is 1.68. The lowest BCUT2D eigenvalue weighted by atomic mass is 9.90. The summed E-state index contributed by atoms with van der Waals surface area (Å²) in [5, 5.41) is 3.52. The standard InChI is InChI=1S/C16H24N2/c1-2-18(11-13-7-8-13)12-14-9-10-17-16-6-4-3-5-15(14)16/h3-6,13-14,17H,2,7-12H2,1H3. The van der Waals surface area contributed by atoms with Crippen molar-refractivity contribution < 1.29 is 0 Å². The van der Waals surface area contributed by atoms with Crippen LogP contribution in [0.25, 0.3) is 0 Å². The SMILES string of the molecule is CCN(CC1CC1)CC1CCNc2ccccc21. The van der Waals surface area contributed by atoms with Crippen molar-refractivity contribution in [2.75, 3.05) is 31.5 Å². The third-order valence-electron chi connectivity index (χ3n) is 4.35. The van der Waals surface area contributed by atoms with Crippen LogP contribution in [0, 0.1) is 5.92 Å². The third-order valence-corrected chi connectivity index (χ3v) is 4.35. The summed E-state index contributed by atoms with van der Waals surface area (Å²) >= 11 is 0. The molecular weight excluding hydrogens is 220 g/mol.